The fourth-order valence-electron chi connectivity index (χ4n) is 5.58. The molecule has 0 bridgehead atoms. The highest BCUT2D eigenvalue weighted by atomic mass is 32.3. The quantitative estimate of drug-likeness (QED) is 0.322. The number of nitrogens with zero attached hydrogens (tertiary/aromatic N) is 4. The fraction of sp³-hybridized carbons (Fsp3) is 0.500. The number of methoxy groups -OCH3 is 1. The highest BCUT2D eigenvalue weighted by molar-refractivity contribution is 8.22. The van der Waals surface area contributed by atoms with Gasteiger partial charge in [0.15, 0.2) is 5.82 Å². The number of aromatic amines is 1. The number of nitriles is 1. The third-order valence-corrected chi connectivity index (χ3v) is 9.90. The number of hydrogen-bond donors (Lipinski definition) is 4. The largest absolute Gasteiger partial charge is 0.385 e. The molecule has 3 heterocycles. The van der Waals surface area contributed by atoms with Crippen molar-refractivity contribution in [1.82, 2.24) is 19.1 Å². The molecule has 4 N–H and O–H groups in total. The van der Waals surface area contributed by atoms with Crippen molar-refractivity contribution in [3.63, 3.8) is 0 Å². The van der Waals surface area contributed by atoms with Gasteiger partial charge in [-0.05, 0) is 62.9 Å². The molecule has 5 rings (SSSR count). The van der Waals surface area contributed by atoms with E-state index in [0.717, 1.165) is 31.2 Å². The van der Waals surface area contributed by atoms with Crippen LogP contribution in [0.25, 0.3) is 10.9 Å². The van der Waals surface area contributed by atoms with Crippen molar-refractivity contribution >= 4 is 33.2 Å². The zero-order valence-corrected chi connectivity index (χ0v) is 22.2. The van der Waals surface area contributed by atoms with Crippen LogP contribution >= 0.6 is 10.8 Å². The topological polar surface area (TPSA) is 139 Å². The molecule has 1 aliphatic carbocycles. The Hall–Kier alpha value is -2.88. The summed E-state index contributed by atoms with van der Waals surface area (Å²) in [6.07, 6.45) is 5.96. The van der Waals surface area contributed by atoms with Crippen molar-refractivity contribution in [3.05, 3.63) is 46.4 Å². The number of benzene rings is 1. The summed E-state index contributed by atoms with van der Waals surface area (Å²) in [4.78, 5) is 16.1. The molecule has 1 aromatic carbocycles. The number of pyridine rings is 1. The molecule has 0 spiro atoms. The number of anilines is 2. The SMILES string of the molecule is COCCC(C)(C)N1Cc2cc(Nc3nn([C@H]4CCCC[C@@H]4C#N)c4cc[nH]c(=O)c34)ccc2S1(O)O. The summed E-state index contributed by atoms with van der Waals surface area (Å²) >= 11 is 0. The first-order valence-electron chi connectivity index (χ1n) is 12.6. The van der Waals surface area contributed by atoms with Crippen LogP contribution in [0.1, 0.15) is 57.6 Å². The highest BCUT2D eigenvalue weighted by Crippen LogP contribution is 2.62. The molecular formula is C26H34N6O4S. The molecule has 2 aromatic heterocycles. The van der Waals surface area contributed by atoms with Crippen LogP contribution in [-0.4, -0.2) is 47.4 Å². The normalized spacial score (nSPS) is 22.5. The molecule has 198 valence electrons. The van der Waals surface area contributed by atoms with Gasteiger partial charge in [0.05, 0.1) is 28.4 Å². The van der Waals surface area contributed by atoms with Crippen LogP contribution in [-0.2, 0) is 11.3 Å². The molecule has 11 heteroatoms. The first-order chi connectivity index (χ1) is 17.7. The lowest BCUT2D eigenvalue weighted by Gasteiger charge is -2.46. The zero-order chi connectivity index (χ0) is 26.4. The van der Waals surface area contributed by atoms with Gasteiger partial charge in [0, 0.05) is 37.7 Å². The van der Waals surface area contributed by atoms with Crippen molar-refractivity contribution < 1.29 is 13.8 Å². The van der Waals surface area contributed by atoms with Crippen molar-refractivity contribution in [1.29, 1.82) is 5.26 Å². The lowest BCUT2D eigenvalue weighted by molar-refractivity contribution is 0.124. The van der Waals surface area contributed by atoms with Gasteiger partial charge in [-0.2, -0.15) is 14.7 Å². The number of rotatable bonds is 7. The average molecular weight is 527 g/mol. The Kier molecular flexibility index (Phi) is 6.81. The second-order valence-corrected chi connectivity index (χ2v) is 12.4. The summed E-state index contributed by atoms with van der Waals surface area (Å²) in [6.45, 7) is 4.86. The molecule has 2 aliphatic rings. The monoisotopic (exact) mass is 526 g/mol. The minimum Gasteiger partial charge on any atom is -0.385 e. The molecule has 3 aromatic rings. The van der Waals surface area contributed by atoms with Gasteiger partial charge in [0.2, 0.25) is 0 Å². The van der Waals surface area contributed by atoms with Gasteiger partial charge in [-0.15, -0.1) is 10.8 Å². The van der Waals surface area contributed by atoms with E-state index in [4.69, 9.17) is 9.84 Å². The number of aromatic nitrogens is 3. The second kappa shape index (κ2) is 9.78. The molecule has 37 heavy (non-hydrogen) atoms. The Bertz CT molecular complexity index is 1410. The summed E-state index contributed by atoms with van der Waals surface area (Å²) in [6, 6.07) is 9.57. The molecule has 1 saturated carbocycles. The Labute approximate surface area is 217 Å². The van der Waals surface area contributed by atoms with Gasteiger partial charge < -0.3 is 15.0 Å². The lowest BCUT2D eigenvalue weighted by atomic mass is 9.85. The third-order valence-electron chi connectivity index (χ3n) is 7.67. The lowest BCUT2D eigenvalue weighted by Crippen LogP contribution is -2.42. The second-order valence-electron chi connectivity index (χ2n) is 10.5. The molecule has 1 fully saturated rings. The van der Waals surface area contributed by atoms with Gasteiger partial charge in [0.25, 0.3) is 5.56 Å². The van der Waals surface area contributed by atoms with E-state index in [9.17, 15) is 19.2 Å². The van der Waals surface area contributed by atoms with Crippen LogP contribution in [0.15, 0.2) is 40.2 Å². The van der Waals surface area contributed by atoms with Crippen LogP contribution in [0.4, 0.5) is 11.5 Å². The van der Waals surface area contributed by atoms with E-state index >= 15 is 0 Å². The summed E-state index contributed by atoms with van der Waals surface area (Å²) in [5.74, 6) is 0.266. The van der Waals surface area contributed by atoms with Gasteiger partial charge in [-0.3, -0.25) is 18.6 Å². The summed E-state index contributed by atoms with van der Waals surface area (Å²) in [7, 11) is -1.51. The van der Waals surface area contributed by atoms with Gasteiger partial charge in [-0.25, -0.2) is 0 Å². The van der Waals surface area contributed by atoms with E-state index in [1.807, 2.05) is 30.7 Å². The Morgan fingerprint density at radius 2 is 2.08 bits per heavy atom. The molecule has 0 saturated heterocycles. The van der Waals surface area contributed by atoms with Crippen LogP contribution in [0.2, 0.25) is 0 Å². The predicted octanol–water partition coefficient (Wildman–Crippen LogP) is 5.38. The Balaban J connectivity index is 1.49. The molecule has 0 amide bonds. The van der Waals surface area contributed by atoms with E-state index in [-0.39, 0.29) is 17.5 Å². The van der Waals surface area contributed by atoms with E-state index < -0.39 is 16.3 Å². The van der Waals surface area contributed by atoms with Crippen molar-refractivity contribution in [2.75, 3.05) is 19.0 Å². The number of hydrogen-bond acceptors (Lipinski definition) is 8. The minimum absolute atomic E-state index is 0.0884. The minimum atomic E-state index is -3.14. The first kappa shape index (κ1) is 25.8. The maximum absolute atomic E-state index is 12.9. The average Bonchev–Trinajstić information content (AvgIpc) is 3.38. The number of nitrogens with one attached hydrogen (secondary N) is 2. The molecule has 1 aliphatic heterocycles. The molecular weight excluding hydrogens is 492 g/mol. The molecule has 2 atom stereocenters. The first-order valence-corrected chi connectivity index (χ1v) is 14.1. The van der Waals surface area contributed by atoms with Crippen molar-refractivity contribution in [3.8, 4) is 6.07 Å². The van der Waals surface area contributed by atoms with E-state index in [1.165, 1.54) is 0 Å². The maximum Gasteiger partial charge on any atom is 0.261 e. The van der Waals surface area contributed by atoms with Crippen LogP contribution in [0, 0.1) is 17.2 Å². The standard InChI is InChI=1S/C26H34N6O4S/c1-26(2,11-13-36-3)31-16-18-14-19(8-9-22(18)37(31,34)35)29-24-23-21(10-12-28-25(23)33)32(30-24)20-7-5-4-6-17(20)15-27/h8-10,12,14,17,20,34-35H,4-7,11,13,16H2,1-3H3,(H,28,33)(H,29,30)/t17-,20+/m1/s1. The van der Waals surface area contributed by atoms with Gasteiger partial charge in [0.1, 0.15) is 5.39 Å². The van der Waals surface area contributed by atoms with E-state index in [1.54, 1.807) is 29.7 Å². The Morgan fingerprint density at radius 3 is 2.84 bits per heavy atom. The Morgan fingerprint density at radius 1 is 1.30 bits per heavy atom. The predicted molar refractivity (Wildman–Crippen MR) is 144 cm³/mol. The third kappa shape index (κ3) is 4.53. The van der Waals surface area contributed by atoms with E-state index in [0.29, 0.717) is 46.9 Å². The number of fused-ring (bicyclic) bond motifs is 2. The van der Waals surface area contributed by atoms with Gasteiger partial charge >= 0.3 is 0 Å². The molecule has 0 unspecified atom stereocenters. The summed E-state index contributed by atoms with van der Waals surface area (Å²) in [5.41, 5.74) is 1.46. The summed E-state index contributed by atoms with van der Waals surface area (Å²) in [5, 5.41) is 18.3. The highest BCUT2D eigenvalue weighted by Gasteiger charge is 2.43. The number of H-pyrrole nitrogens is 1. The van der Waals surface area contributed by atoms with Crippen molar-refractivity contribution in [2.24, 2.45) is 5.92 Å². The maximum atomic E-state index is 12.9. The van der Waals surface area contributed by atoms with Crippen LogP contribution in [0.3, 0.4) is 0 Å². The van der Waals surface area contributed by atoms with Crippen molar-refractivity contribution in [2.45, 2.75) is 69.0 Å². The molecule has 0 radical (unpaired) electrons. The zero-order valence-electron chi connectivity index (χ0n) is 21.4. The van der Waals surface area contributed by atoms with Gasteiger partial charge in [-0.1, -0.05) is 12.8 Å². The summed E-state index contributed by atoms with van der Waals surface area (Å²) < 4.78 is 31.0. The molecule has 10 nitrogen and oxygen atoms in total. The van der Waals surface area contributed by atoms with E-state index in [2.05, 4.69) is 16.4 Å². The fourth-order valence-corrected chi connectivity index (χ4v) is 7.64. The number of ether oxygens (including phenoxy) is 1. The smallest absolute Gasteiger partial charge is 0.261 e. The van der Waals surface area contributed by atoms with Crippen LogP contribution in [0.5, 0.6) is 0 Å². The van der Waals surface area contributed by atoms with Crippen LogP contribution < -0.4 is 10.9 Å².